The first kappa shape index (κ1) is 19.1. The summed E-state index contributed by atoms with van der Waals surface area (Å²) in [6.07, 6.45) is 1.64. The van der Waals surface area contributed by atoms with Crippen molar-refractivity contribution in [1.29, 1.82) is 0 Å². The molecule has 7 heteroatoms. The fraction of sp³-hybridized carbons (Fsp3) is 0.318. The van der Waals surface area contributed by atoms with Gasteiger partial charge < -0.3 is 10.6 Å². The van der Waals surface area contributed by atoms with Crippen molar-refractivity contribution >= 4 is 17.8 Å². The highest BCUT2D eigenvalue weighted by molar-refractivity contribution is 6.09. The first-order chi connectivity index (χ1) is 13.9. The number of rotatable bonds is 4. The predicted molar refractivity (Wildman–Crippen MR) is 104 cm³/mol. The van der Waals surface area contributed by atoms with E-state index in [-0.39, 0.29) is 24.3 Å². The molecule has 1 spiro atoms. The second-order valence-corrected chi connectivity index (χ2v) is 7.69. The van der Waals surface area contributed by atoms with Crippen LogP contribution >= 0.6 is 0 Å². The Morgan fingerprint density at radius 1 is 1.17 bits per heavy atom. The van der Waals surface area contributed by atoms with Crippen LogP contribution in [0.3, 0.4) is 0 Å². The molecular formula is C22H22FN3O3. The van der Waals surface area contributed by atoms with Gasteiger partial charge in [0.05, 0.1) is 6.04 Å². The van der Waals surface area contributed by atoms with Crippen LogP contribution < -0.4 is 10.6 Å². The van der Waals surface area contributed by atoms with Crippen LogP contribution in [0.1, 0.15) is 36.1 Å². The second-order valence-electron chi connectivity index (χ2n) is 7.69. The lowest BCUT2D eigenvalue weighted by Gasteiger charge is -2.32. The summed E-state index contributed by atoms with van der Waals surface area (Å²) in [6, 6.07) is 12.8. The molecule has 0 bridgehead atoms. The number of fused-ring (bicyclic) bond motifs is 1. The van der Waals surface area contributed by atoms with Crippen molar-refractivity contribution in [3.63, 3.8) is 0 Å². The van der Waals surface area contributed by atoms with Crippen LogP contribution in [-0.4, -0.2) is 34.8 Å². The van der Waals surface area contributed by atoms with Crippen molar-refractivity contribution < 1.29 is 18.8 Å². The minimum absolute atomic E-state index is 0.348. The van der Waals surface area contributed by atoms with Gasteiger partial charge in [-0.05, 0) is 48.6 Å². The number of urea groups is 1. The molecule has 0 saturated carbocycles. The third-order valence-corrected chi connectivity index (χ3v) is 5.73. The van der Waals surface area contributed by atoms with Crippen molar-refractivity contribution in [2.24, 2.45) is 0 Å². The molecule has 1 aliphatic carbocycles. The molecule has 1 saturated heterocycles. The van der Waals surface area contributed by atoms with Crippen LogP contribution in [0, 0.1) is 5.82 Å². The molecule has 0 aromatic heterocycles. The van der Waals surface area contributed by atoms with Gasteiger partial charge in [0.2, 0.25) is 5.91 Å². The first-order valence-corrected chi connectivity index (χ1v) is 9.64. The highest BCUT2D eigenvalue weighted by Gasteiger charge is 2.52. The molecule has 29 heavy (non-hydrogen) atoms. The Labute approximate surface area is 168 Å². The van der Waals surface area contributed by atoms with Gasteiger partial charge in [0.1, 0.15) is 17.9 Å². The van der Waals surface area contributed by atoms with Crippen LogP contribution in [-0.2, 0) is 22.4 Å². The lowest BCUT2D eigenvalue weighted by Crippen LogP contribution is -2.51. The zero-order valence-corrected chi connectivity index (χ0v) is 16.1. The van der Waals surface area contributed by atoms with E-state index in [4.69, 9.17) is 0 Å². The molecule has 1 aliphatic heterocycles. The van der Waals surface area contributed by atoms with Gasteiger partial charge in [0.25, 0.3) is 5.91 Å². The second kappa shape index (κ2) is 7.31. The van der Waals surface area contributed by atoms with E-state index >= 15 is 0 Å². The van der Waals surface area contributed by atoms with Crippen LogP contribution in [0.5, 0.6) is 0 Å². The summed E-state index contributed by atoms with van der Waals surface area (Å²) < 4.78 is 13.1. The Bertz CT molecular complexity index is 976. The topological polar surface area (TPSA) is 78.5 Å². The standard InChI is InChI=1S/C22H22FN3O3/c1-14(15-6-8-18(23)9-7-15)24-19(27)13-26-20(28)22(25-21(26)29)11-10-16-4-2-3-5-17(16)12-22/h2-9,14H,10-13H2,1H3,(H,24,27)(H,25,29). The van der Waals surface area contributed by atoms with E-state index in [9.17, 15) is 18.8 Å². The van der Waals surface area contributed by atoms with E-state index < -0.39 is 17.5 Å². The maximum absolute atomic E-state index is 13.1. The molecule has 6 nitrogen and oxygen atoms in total. The fourth-order valence-electron chi connectivity index (χ4n) is 4.11. The molecular weight excluding hydrogens is 373 g/mol. The van der Waals surface area contributed by atoms with Gasteiger partial charge in [-0.25, -0.2) is 9.18 Å². The number of halogens is 1. The maximum Gasteiger partial charge on any atom is 0.325 e. The number of carbonyl (C=O) groups is 3. The molecule has 150 valence electrons. The minimum Gasteiger partial charge on any atom is -0.348 e. The molecule has 2 aromatic carbocycles. The monoisotopic (exact) mass is 395 g/mol. The maximum atomic E-state index is 13.1. The number of carbonyl (C=O) groups excluding carboxylic acids is 3. The summed E-state index contributed by atoms with van der Waals surface area (Å²) in [6.45, 7) is 1.41. The van der Waals surface area contributed by atoms with E-state index in [1.807, 2.05) is 24.3 Å². The number of hydrogen-bond donors (Lipinski definition) is 2. The quantitative estimate of drug-likeness (QED) is 0.781. The number of nitrogens with zero attached hydrogens (tertiary/aromatic N) is 1. The Balaban J connectivity index is 1.43. The Morgan fingerprint density at radius 2 is 1.86 bits per heavy atom. The third-order valence-electron chi connectivity index (χ3n) is 5.73. The molecule has 2 unspecified atom stereocenters. The lowest BCUT2D eigenvalue weighted by atomic mass is 9.78. The smallest absolute Gasteiger partial charge is 0.325 e. The van der Waals surface area contributed by atoms with E-state index in [0.29, 0.717) is 19.3 Å². The number of amides is 4. The summed E-state index contributed by atoms with van der Waals surface area (Å²) in [5.41, 5.74) is 1.99. The van der Waals surface area contributed by atoms with Crippen molar-refractivity contribution in [1.82, 2.24) is 15.5 Å². The van der Waals surface area contributed by atoms with E-state index in [0.717, 1.165) is 16.0 Å². The summed E-state index contributed by atoms with van der Waals surface area (Å²) in [7, 11) is 0. The highest BCUT2D eigenvalue weighted by Crippen LogP contribution is 2.33. The van der Waals surface area contributed by atoms with Crippen molar-refractivity contribution in [3.8, 4) is 0 Å². The fourth-order valence-corrected chi connectivity index (χ4v) is 4.11. The Morgan fingerprint density at radius 3 is 2.59 bits per heavy atom. The van der Waals surface area contributed by atoms with Crippen molar-refractivity contribution in [2.45, 2.75) is 37.8 Å². The minimum atomic E-state index is -0.978. The molecule has 2 aromatic rings. The summed E-state index contributed by atoms with van der Waals surface area (Å²) in [5, 5.41) is 5.58. The van der Waals surface area contributed by atoms with Crippen LogP contribution in [0.4, 0.5) is 9.18 Å². The molecule has 0 radical (unpaired) electrons. The Kier molecular flexibility index (Phi) is 4.82. The Hall–Kier alpha value is -3.22. The highest BCUT2D eigenvalue weighted by atomic mass is 19.1. The summed E-state index contributed by atoms with van der Waals surface area (Å²) in [5.74, 6) is -1.16. The largest absolute Gasteiger partial charge is 0.348 e. The van der Waals surface area contributed by atoms with E-state index in [2.05, 4.69) is 10.6 Å². The third kappa shape index (κ3) is 3.60. The predicted octanol–water partition coefficient (Wildman–Crippen LogP) is 2.48. The van der Waals surface area contributed by atoms with Crippen molar-refractivity contribution in [3.05, 3.63) is 71.0 Å². The van der Waals surface area contributed by atoms with Crippen molar-refractivity contribution in [2.75, 3.05) is 6.54 Å². The van der Waals surface area contributed by atoms with Gasteiger partial charge in [-0.2, -0.15) is 0 Å². The molecule has 1 fully saturated rings. The van der Waals surface area contributed by atoms with Gasteiger partial charge in [-0.1, -0.05) is 36.4 Å². The van der Waals surface area contributed by atoms with E-state index in [1.54, 1.807) is 19.1 Å². The lowest BCUT2D eigenvalue weighted by molar-refractivity contribution is -0.135. The number of nitrogens with one attached hydrogen (secondary N) is 2. The number of hydrogen-bond acceptors (Lipinski definition) is 3. The summed E-state index contributed by atoms with van der Waals surface area (Å²) >= 11 is 0. The first-order valence-electron chi connectivity index (χ1n) is 9.64. The number of aryl methyl sites for hydroxylation is 1. The van der Waals surface area contributed by atoms with Crippen LogP contribution in [0.2, 0.25) is 0 Å². The normalized spacial score (nSPS) is 21.7. The molecule has 4 amide bonds. The molecule has 2 N–H and O–H groups in total. The van der Waals surface area contributed by atoms with E-state index in [1.165, 1.54) is 17.7 Å². The van der Waals surface area contributed by atoms with Gasteiger partial charge in [-0.15, -0.1) is 0 Å². The van der Waals surface area contributed by atoms with Gasteiger partial charge in [0.15, 0.2) is 0 Å². The molecule has 2 atom stereocenters. The zero-order chi connectivity index (χ0) is 20.6. The van der Waals surface area contributed by atoms with Gasteiger partial charge in [0, 0.05) is 6.42 Å². The van der Waals surface area contributed by atoms with Crippen LogP contribution in [0.25, 0.3) is 0 Å². The molecule has 4 rings (SSSR count). The number of benzene rings is 2. The molecule has 2 aliphatic rings. The van der Waals surface area contributed by atoms with Gasteiger partial charge in [-0.3, -0.25) is 14.5 Å². The molecule has 1 heterocycles. The summed E-state index contributed by atoms with van der Waals surface area (Å²) in [4.78, 5) is 39.0. The van der Waals surface area contributed by atoms with Crippen LogP contribution in [0.15, 0.2) is 48.5 Å². The van der Waals surface area contributed by atoms with Gasteiger partial charge >= 0.3 is 6.03 Å². The number of imide groups is 1. The average molecular weight is 395 g/mol. The zero-order valence-electron chi connectivity index (χ0n) is 16.1. The average Bonchev–Trinajstić information content (AvgIpc) is 2.92. The SMILES string of the molecule is CC(NC(=O)CN1C(=O)NC2(CCc3ccccc3C2)C1=O)c1ccc(F)cc1.